The maximum atomic E-state index is 5.80. The zero-order chi connectivity index (χ0) is 8.55. The summed E-state index contributed by atoms with van der Waals surface area (Å²) in [4.78, 5) is 4.02. The van der Waals surface area contributed by atoms with Crippen molar-refractivity contribution in [3.05, 3.63) is 35.1 Å². The molecule has 0 atom stereocenters. The molecule has 2 aromatic rings. The minimum absolute atomic E-state index is 0.779. The number of rotatable bonds is 0. The van der Waals surface area contributed by atoms with Gasteiger partial charge in [0.15, 0.2) is 0 Å². The van der Waals surface area contributed by atoms with Gasteiger partial charge in [-0.25, -0.2) is 0 Å². The van der Waals surface area contributed by atoms with Crippen molar-refractivity contribution in [2.45, 2.75) is 0 Å². The SMILES string of the molecule is Nc1cc(Br)cc2cnccc12. The number of benzene rings is 1. The average molecular weight is 223 g/mol. The summed E-state index contributed by atoms with van der Waals surface area (Å²) in [6.07, 6.45) is 3.54. The van der Waals surface area contributed by atoms with Crippen LogP contribution in [0, 0.1) is 0 Å². The van der Waals surface area contributed by atoms with E-state index in [1.54, 1.807) is 12.4 Å². The standard InChI is InChI=1S/C9H7BrN2/c10-7-3-6-5-12-2-1-8(6)9(11)4-7/h1-5H,11H2. The highest BCUT2D eigenvalue weighted by atomic mass is 79.9. The van der Waals surface area contributed by atoms with Crippen LogP contribution in [-0.2, 0) is 0 Å². The van der Waals surface area contributed by atoms with Gasteiger partial charge in [0.25, 0.3) is 0 Å². The first-order valence-electron chi connectivity index (χ1n) is 3.56. The lowest BCUT2D eigenvalue weighted by molar-refractivity contribution is 1.36. The predicted octanol–water partition coefficient (Wildman–Crippen LogP) is 2.58. The van der Waals surface area contributed by atoms with E-state index in [1.165, 1.54) is 0 Å². The van der Waals surface area contributed by atoms with Crippen LogP contribution in [0.15, 0.2) is 35.1 Å². The molecule has 0 aliphatic rings. The second-order valence-corrected chi connectivity index (χ2v) is 3.51. The van der Waals surface area contributed by atoms with Gasteiger partial charge in [0.2, 0.25) is 0 Å². The normalized spacial score (nSPS) is 10.4. The third kappa shape index (κ3) is 1.16. The fourth-order valence-electron chi connectivity index (χ4n) is 1.20. The Kier molecular flexibility index (Phi) is 1.73. The van der Waals surface area contributed by atoms with Crippen molar-refractivity contribution in [1.82, 2.24) is 4.98 Å². The number of aromatic nitrogens is 1. The number of nitrogens with zero attached hydrogens (tertiary/aromatic N) is 1. The molecule has 1 aromatic carbocycles. The Morgan fingerprint density at radius 2 is 2.17 bits per heavy atom. The highest BCUT2D eigenvalue weighted by Gasteiger charge is 1.98. The second kappa shape index (κ2) is 2.75. The predicted molar refractivity (Wildman–Crippen MR) is 53.9 cm³/mol. The first-order chi connectivity index (χ1) is 5.77. The molecular formula is C9H7BrN2. The molecule has 2 nitrogen and oxygen atoms in total. The first-order valence-corrected chi connectivity index (χ1v) is 4.35. The molecule has 0 radical (unpaired) electrons. The van der Waals surface area contributed by atoms with Gasteiger partial charge in [-0.05, 0) is 18.2 Å². The van der Waals surface area contributed by atoms with Crippen molar-refractivity contribution in [3.63, 3.8) is 0 Å². The van der Waals surface area contributed by atoms with Gasteiger partial charge in [-0.15, -0.1) is 0 Å². The molecule has 0 spiro atoms. The molecule has 60 valence electrons. The summed E-state index contributed by atoms with van der Waals surface area (Å²) in [7, 11) is 0. The van der Waals surface area contributed by atoms with Crippen molar-refractivity contribution >= 4 is 32.4 Å². The van der Waals surface area contributed by atoms with Crippen LogP contribution in [0.5, 0.6) is 0 Å². The molecule has 0 bridgehead atoms. The molecule has 12 heavy (non-hydrogen) atoms. The molecule has 0 aliphatic heterocycles. The van der Waals surface area contributed by atoms with E-state index in [1.807, 2.05) is 18.2 Å². The molecule has 0 fully saturated rings. The van der Waals surface area contributed by atoms with Crippen LogP contribution in [0.2, 0.25) is 0 Å². The molecule has 0 saturated carbocycles. The van der Waals surface area contributed by atoms with E-state index < -0.39 is 0 Å². The fraction of sp³-hybridized carbons (Fsp3) is 0. The Hall–Kier alpha value is -1.09. The molecule has 0 amide bonds. The van der Waals surface area contributed by atoms with Crippen LogP contribution in [0.4, 0.5) is 5.69 Å². The van der Waals surface area contributed by atoms with E-state index in [2.05, 4.69) is 20.9 Å². The molecule has 1 heterocycles. The van der Waals surface area contributed by atoms with Crippen LogP contribution < -0.4 is 5.73 Å². The summed E-state index contributed by atoms with van der Waals surface area (Å²) in [5, 5.41) is 2.11. The van der Waals surface area contributed by atoms with Gasteiger partial charge < -0.3 is 5.73 Å². The van der Waals surface area contributed by atoms with Gasteiger partial charge in [-0.2, -0.15) is 0 Å². The zero-order valence-corrected chi connectivity index (χ0v) is 7.88. The van der Waals surface area contributed by atoms with E-state index >= 15 is 0 Å². The summed E-state index contributed by atoms with van der Waals surface area (Å²) >= 11 is 3.38. The molecule has 0 aliphatic carbocycles. The monoisotopic (exact) mass is 222 g/mol. The lowest BCUT2D eigenvalue weighted by Gasteiger charge is -2.01. The Morgan fingerprint density at radius 1 is 1.33 bits per heavy atom. The fourth-order valence-corrected chi connectivity index (χ4v) is 1.69. The Bertz CT molecular complexity index is 426. The second-order valence-electron chi connectivity index (χ2n) is 2.59. The van der Waals surface area contributed by atoms with E-state index in [0.717, 1.165) is 20.9 Å². The number of nitrogen functional groups attached to an aromatic ring is 1. The van der Waals surface area contributed by atoms with Gasteiger partial charge in [0.05, 0.1) is 0 Å². The molecule has 0 saturated heterocycles. The summed E-state index contributed by atoms with van der Waals surface area (Å²) in [5.74, 6) is 0. The lowest BCUT2D eigenvalue weighted by Crippen LogP contribution is -1.87. The minimum Gasteiger partial charge on any atom is -0.398 e. The number of halogens is 1. The maximum absolute atomic E-state index is 5.80. The van der Waals surface area contributed by atoms with Crippen LogP contribution >= 0.6 is 15.9 Å². The van der Waals surface area contributed by atoms with E-state index in [0.29, 0.717) is 0 Å². The summed E-state index contributed by atoms with van der Waals surface area (Å²) < 4.78 is 0.987. The third-order valence-corrected chi connectivity index (χ3v) is 2.21. The molecule has 2 N–H and O–H groups in total. The molecule has 1 aromatic heterocycles. The van der Waals surface area contributed by atoms with Crippen LogP contribution in [0.1, 0.15) is 0 Å². The largest absolute Gasteiger partial charge is 0.398 e. The molecule has 3 heteroatoms. The molecular weight excluding hydrogens is 216 g/mol. The molecule has 2 rings (SSSR count). The van der Waals surface area contributed by atoms with Crippen molar-refractivity contribution in [2.75, 3.05) is 5.73 Å². The Morgan fingerprint density at radius 3 is 3.00 bits per heavy atom. The Balaban J connectivity index is 2.89. The highest BCUT2D eigenvalue weighted by Crippen LogP contribution is 2.24. The van der Waals surface area contributed by atoms with Crippen molar-refractivity contribution in [2.24, 2.45) is 0 Å². The van der Waals surface area contributed by atoms with Gasteiger partial charge in [-0.3, -0.25) is 4.98 Å². The number of pyridine rings is 1. The van der Waals surface area contributed by atoms with Crippen LogP contribution in [0.3, 0.4) is 0 Å². The van der Waals surface area contributed by atoms with E-state index in [-0.39, 0.29) is 0 Å². The van der Waals surface area contributed by atoms with Gasteiger partial charge in [0, 0.05) is 33.3 Å². The van der Waals surface area contributed by atoms with Crippen LogP contribution in [-0.4, -0.2) is 4.98 Å². The number of fused-ring (bicyclic) bond motifs is 1. The summed E-state index contributed by atoms with van der Waals surface area (Å²) in [5.41, 5.74) is 6.58. The molecule has 0 unspecified atom stereocenters. The zero-order valence-electron chi connectivity index (χ0n) is 6.29. The van der Waals surface area contributed by atoms with Gasteiger partial charge in [-0.1, -0.05) is 15.9 Å². The van der Waals surface area contributed by atoms with Crippen molar-refractivity contribution in [1.29, 1.82) is 0 Å². The summed E-state index contributed by atoms with van der Waals surface area (Å²) in [6.45, 7) is 0. The average Bonchev–Trinajstić information content (AvgIpc) is 2.04. The van der Waals surface area contributed by atoms with E-state index in [4.69, 9.17) is 5.73 Å². The number of nitrogens with two attached hydrogens (primary N) is 1. The number of hydrogen-bond donors (Lipinski definition) is 1. The first kappa shape index (κ1) is 7.55. The maximum Gasteiger partial charge on any atom is 0.0406 e. The van der Waals surface area contributed by atoms with Crippen molar-refractivity contribution < 1.29 is 0 Å². The quantitative estimate of drug-likeness (QED) is 0.697. The van der Waals surface area contributed by atoms with Crippen LogP contribution in [0.25, 0.3) is 10.8 Å². The third-order valence-electron chi connectivity index (χ3n) is 1.75. The van der Waals surface area contributed by atoms with Gasteiger partial charge in [0.1, 0.15) is 0 Å². The summed E-state index contributed by atoms with van der Waals surface area (Å²) in [6, 6.07) is 5.80. The number of hydrogen-bond acceptors (Lipinski definition) is 2. The van der Waals surface area contributed by atoms with Crippen molar-refractivity contribution in [3.8, 4) is 0 Å². The number of anilines is 1. The topological polar surface area (TPSA) is 38.9 Å². The minimum atomic E-state index is 0.779. The van der Waals surface area contributed by atoms with E-state index in [9.17, 15) is 0 Å². The Labute approximate surface area is 78.5 Å². The smallest absolute Gasteiger partial charge is 0.0406 e. The lowest BCUT2D eigenvalue weighted by atomic mass is 10.1. The van der Waals surface area contributed by atoms with Gasteiger partial charge >= 0.3 is 0 Å². The highest BCUT2D eigenvalue weighted by molar-refractivity contribution is 9.10.